The Morgan fingerprint density at radius 1 is 1.18 bits per heavy atom. The van der Waals surface area contributed by atoms with Crippen LogP contribution in [0.2, 0.25) is 0 Å². The van der Waals surface area contributed by atoms with Gasteiger partial charge in [0.1, 0.15) is 40.2 Å². The smallest absolute Gasteiger partial charge is 0.185 e. The molecule has 0 amide bonds. The molecule has 0 unspecified atom stereocenters. The van der Waals surface area contributed by atoms with Crippen LogP contribution in [0.25, 0.3) is 11.3 Å². The maximum Gasteiger partial charge on any atom is 0.185 e. The van der Waals surface area contributed by atoms with Gasteiger partial charge in [0.15, 0.2) is 5.78 Å². The molecule has 7 nitrogen and oxygen atoms in total. The van der Waals surface area contributed by atoms with Gasteiger partial charge < -0.3 is 20.3 Å². The minimum atomic E-state index is -1.17. The summed E-state index contributed by atoms with van der Waals surface area (Å²) in [6, 6.07) is 5.17. The average Bonchev–Trinajstić information content (AvgIpc) is 3.71. The van der Waals surface area contributed by atoms with E-state index in [9.17, 15) is 23.1 Å². The summed E-state index contributed by atoms with van der Waals surface area (Å²) in [5.41, 5.74) is 4.97. The van der Waals surface area contributed by atoms with E-state index in [0.717, 1.165) is 31.0 Å². The molecule has 3 N–H and O–H groups in total. The molecule has 0 radical (unpaired) electrons. The third-order valence-corrected chi connectivity index (χ3v) is 7.41. The van der Waals surface area contributed by atoms with Crippen LogP contribution in [-0.4, -0.2) is 45.7 Å². The molecule has 200 valence electrons. The molecule has 4 atom stereocenters. The fourth-order valence-corrected chi connectivity index (χ4v) is 5.07. The zero-order valence-electron chi connectivity index (χ0n) is 21.0. The van der Waals surface area contributed by atoms with Gasteiger partial charge in [-0.2, -0.15) is 0 Å². The predicted molar refractivity (Wildman–Crippen MR) is 132 cm³/mol. The van der Waals surface area contributed by atoms with Crippen molar-refractivity contribution < 1.29 is 32.5 Å². The first kappa shape index (κ1) is 26.3. The first-order valence-electron chi connectivity index (χ1n) is 12.4. The molecule has 1 aliphatic carbocycles. The van der Waals surface area contributed by atoms with Gasteiger partial charge >= 0.3 is 0 Å². The number of benzene rings is 1. The highest BCUT2D eigenvalue weighted by molar-refractivity contribution is 5.96. The number of methoxy groups -OCH3 is 1. The van der Waals surface area contributed by atoms with E-state index >= 15 is 0 Å². The Labute approximate surface area is 217 Å². The summed E-state index contributed by atoms with van der Waals surface area (Å²) in [4.78, 5) is 21.4. The van der Waals surface area contributed by atoms with Crippen molar-refractivity contribution in [2.75, 3.05) is 7.11 Å². The monoisotopic (exact) mass is 527 g/mol. The van der Waals surface area contributed by atoms with Gasteiger partial charge in [-0.3, -0.25) is 9.78 Å². The fourth-order valence-electron chi connectivity index (χ4n) is 5.07. The Kier molecular flexibility index (Phi) is 6.97. The number of nitrogens with two attached hydrogens (primary N) is 1. The van der Waals surface area contributed by atoms with Crippen LogP contribution in [0.4, 0.5) is 13.2 Å². The summed E-state index contributed by atoms with van der Waals surface area (Å²) in [6.45, 7) is 1.69. The number of carbonyl (C=O) groups excluding carboxylic acids is 1. The van der Waals surface area contributed by atoms with Crippen molar-refractivity contribution in [3.63, 3.8) is 0 Å². The SMILES string of the molecule is COc1cc(F)c(-c2nc(C(=O)Cc3cnccc3[C@H]3C[C@@H](N)[C@](C)(O)[C@@H](C4CC4)O3)ccc2F)c(F)c1. The molecule has 2 aliphatic rings. The fraction of sp³-hybridized carbons (Fsp3) is 0.393. The molecule has 2 fully saturated rings. The van der Waals surface area contributed by atoms with Crippen molar-refractivity contribution in [3.8, 4) is 17.0 Å². The Morgan fingerprint density at radius 2 is 1.89 bits per heavy atom. The number of ketones is 1. The highest BCUT2D eigenvalue weighted by atomic mass is 19.1. The van der Waals surface area contributed by atoms with E-state index in [2.05, 4.69) is 9.97 Å². The van der Waals surface area contributed by atoms with E-state index in [-0.39, 0.29) is 23.8 Å². The summed E-state index contributed by atoms with van der Waals surface area (Å²) >= 11 is 0. The average molecular weight is 528 g/mol. The summed E-state index contributed by atoms with van der Waals surface area (Å²) in [7, 11) is 1.25. The highest BCUT2D eigenvalue weighted by Gasteiger charge is 2.52. The van der Waals surface area contributed by atoms with Crippen molar-refractivity contribution in [1.82, 2.24) is 9.97 Å². The van der Waals surface area contributed by atoms with Crippen LogP contribution >= 0.6 is 0 Å². The third kappa shape index (κ3) is 4.91. The maximum atomic E-state index is 14.6. The minimum Gasteiger partial charge on any atom is -0.497 e. The van der Waals surface area contributed by atoms with Crippen LogP contribution in [0.1, 0.15) is 53.9 Å². The van der Waals surface area contributed by atoms with Crippen LogP contribution < -0.4 is 10.5 Å². The molecule has 3 aromatic rings. The number of aromatic nitrogens is 2. The van der Waals surface area contributed by atoms with Crippen molar-refractivity contribution in [2.24, 2.45) is 11.7 Å². The number of pyridine rings is 2. The van der Waals surface area contributed by atoms with E-state index in [0.29, 0.717) is 17.5 Å². The van der Waals surface area contributed by atoms with Crippen molar-refractivity contribution in [3.05, 3.63) is 77.0 Å². The number of Topliss-reactive ketones (excluding diaryl/α,β-unsaturated/α-hetero) is 1. The number of nitrogens with zero attached hydrogens (tertiary/aromatic N) is 2. The number of aliphatic hydroxyl groups is 1. The predicted octanol–water partition coefficient (Wildman–Crippen LogP) is 4.31. The van der Waals surface area contributed by atoms with Crippen molar-refractivity contribution in [2.45, 2.75) is 56.5 Å². The number of hydrogen-bond donors (Lipinski definition) is 2. The lowest BCUT2D eigenvalue weighted by molar-refractivity contribution is -0.187. The lowest BCUT2D eigenvalue weighted by atomic mass is 9.80. The molecule has 3 heterocycles. The molecule has 10 heteroatoms. The van der Waals surface area contributed by atoms with Gasteiger partial charge in [-0.1, -0.05) is 0 Å². The molecule has 1 aliphatic heterocycles. The minimum absolute atomic E-state index is 0.0735. The van der Waals surface area contributed by atoms with Gasteiger partial charge in [0.25, 0.3) is 0 Å². The van der Waals surface area contributed by atoms with Crippen LogP contribution in [0.5, 0.6) is 5.75 Å². The van der Waals surface area contributed by atoms with Crippen molar-refractivity contribution >= 4 is 5.78 Å². The van der Waals surface area contributed by atoms with Crippen molar-refractivity contribution in [1.29, 1.82) is 0 Å². The lowest BCUT2D eigenvalue weighted by Gasteiger charge is -2.45. The van der Waals surface area contributed by atoms with E-state index in [1.165, 1.54) is 19.4 Å². The molecule has 0 bridgehead atoms. The first-order valence-corrected chi connectivity index (χ1v) is 12.4. The summed E-state index contributed by atoms with van der Waals surface area (Å²) in [5.74, 6) is -3.46. The molecule has 1 saturated heterocycles. The largest absolute Gasteiger partial charge is 0.497 e. The quantitative estimate of drug-likeness (QED) is 0.441. The van der Waals surface area contributed by atoms with Crippen LogP contribution in [0.15, 0.2) is 42.7 Å². The normalized spacial score (nSPS) is 25.3. The van der Waals surface area contributed by atoms with Gasteiger partial charge in [-0.05, 0) is 61.4 Å². The lowest BCUT2D eigenvalue weighted by Crippen LogP contribution is -2.60. The van der Waals surface area contributed by atoms with Gasteiger partial charge in [-0.25, -0.2) is 18.2 Å². The molecular formula is C28H28F3N3O4. The number of hydrogen-bond acceptors (Lipinski definition) is 7. The summed E-state index contributed by atoms with van der Waals surface area (Å²) in [5, 5.41) is 10.9. The Balaban J connectivity index is 1.43. The zero-order chi connectivity index (χ0) is 27.2. The summed E-state index contributed by atoms with van der Waals surface area (Å²) < 4.78 is 55.0. The van der Waals surface area contributed by atoms with Gasteiger partial charge in [0.05, 0.1) is 24.9 Å². The molecule has 1 saturated carbocycles. The Bertz CT molecular complexity index is 1360. The zero-order valence-corrected chi connectivity index (χ0v) is 21.0. The van der Waals surface area contributed by atoms with Crippen LogP contribution in [0.3, 0.4) is 0 Å². The standard InChI is InChI=1S/C28H28F3N3O4/c1-28(36)24(32)12-23(38-27(28)14-3-4-14)17-7-8-33-13-15(17)9-22(35)21-6-5-18(29)26(34-21)25-19(30)10-16(37-2)11-20(25)31/h5-8,10-11,13-14,23-24,27,36H,3-4,9,12,32H2,1-2H3/t23-,24-,27-,28+/m1/s1. The molecule has 5 rings (SSSR count). The van der Waals surface area contributed by atoms with E-state index in [1.54, 1.807) is 19.2 Å². The van der Waals surface area contributed by atoms with E-state index in [4.69, 9.17) is 15.2 Å². The molecule has 0 spiro atoms. The number of ether oxygens (including phenoxy) is 2. The van der Waals surface area contributed by atoms with Gasteiger partial charge in [0, 0.05) is 37.0 Å². The molecule has 1 aromatic carbocycles. The van der Waals surface area contributed by atoms with Crippen LogP contribution in [-0.2, 0) is 11.2 Å². The van der Waals surface area contributed by atoms with Crippen LogP contribution in [0, 0.1) is 23.4 Å². The first-order chi connectivity index (χ1) is 18.1. The molecule has 38 heavy (non-hydrogen) atoms. The highest BCUT2D eigenvalue weighted by Crippen LogP contribution is 2.47. The van der Waals surface area contributed by atoms with Gasteiger partial charge in [0.2, 0.25) is 0 Å². The topological polar surface area (TPSA) is 108 Å². The Hall–Kier alpha value is -3.34. The second kappa shape index (κ2) is 10.1. The Morgan fingerprint density at radius 3 is 2.55 bits per heavy atom. The second-order valence-corrected chi connectivity index (χ2v) is 10.1. The van der Waals surface area contributed by atoms with E-state index < -0.39 is 58.3 Å². The number of rotatable bonds is 7. The second-order valence-electron chi connectivity index (χ2n) is 10.1. The molecule has 2 aromatic heterocycles. The van der Waals surface area contributed by atoms with E-state index in [1.807, 2.05) is 0 Å². The maximum absolute atomic E-state index is 14.6. The number of carbonyl (C=O) groups is 1. The third-order valence-electron chi connectivity index (χ3n) is 7.41. The van der Waals surface area contributed by atoms with Gasteiger partial charge in [-0.15, -0.1) is 0 Å². The number of halogens is 3. The summed E-state index contributed by atoms with van der Waals surface area (Å²) in [6.07, 6.45) is 4.33. The molecular weight excluding hydrogens is 499 g/mol.